The van der Waals surface area contributed by atoms with Crippen LogP contribution in [0.25, 0.3) is 21.8 Å². The number of ether oxygens (including phenoxy) is 1. The Bertz CT molecular complexity index is 1340. The van der Waals surface area contributed by atoms with Crippen molar-refractivity contribution in [3.05, 3.63) is 39.8 Å². The molecule has 3 aromatic rings. The number of nitrogens with zero attached hydrogens (tertiary/aromatic N) is 4. The molecule has 3 aliphatic heterocycles. The Kier molecular flexibility index (Phi) is 5.00. The predicted octanol–water partition coefficient (Wildman–Crippen LogP) is 2.70. The summed E-state index contributed by atoms with van der Waals surface area (Å²) in [4.78, 5) is 32.5. The summed E-state index contributed by atoms with van der Waals surface area (Å²) in [7, 11) is 0. The molecular formula is C24H27F2N5O3. The molecule has 8 nitrogen and oxygen atoms in total. The maximum atomic E-state index is 13.6. The number of pyridine rings is 1. The topological polar surface area (TPSA) is 83.5 Å². The number of aromatic amines is 1. The van der Waals surface area contributed by atoms with Crippen molar-refractivity contribution in [1.82, 2.24) is 24.6 Å². The second-order valence-corrected chi connectivity index (χ2v) is 9.80. The number of nitrogens with one attached hydrogen (secondary N) is 1. The predicted molar refractivity (Wildman–Crippen MR) is 123 cm³/mol. The van der Waals surface area contributed by atoms with E-state index >= 15 is 0 Å². The summed E-state index contributed by atoms with van der Waals surface area (Å²) < 4.78 is 34.5. The van der Waals surface area contributed by atoms with E-state index in [9.17, 15) is 18.4 Å². The SMILES string of the molecule is Cc1cc2[nH]c(=O)c3cnn(C4CCOCC4)c3c2cc1C(=O)N1CC(N2CCC(F)(F)C2)C1. The van der Waals surface area contributed by atoms with Crippen molar-refractivity contribution in [2.75, 3.05) is 39.4 Å². The molecule has 0 bridgehead atoms. The van der Waals surface area contributed by atoms with Gasteiger partial charge in [-0.1, -0.05) is 0 Å². The molecular weight excluding hydrogens is 444 g/mol. The van der Waals surface area contributed by atoms with Crippen LogP contribution in [0.15, 0.2) is 23.1 Å². The first-order chi connectivity index (χ1) is 16.3. The van der Waals surface area contributed by atoms with Crippen LogP contribution in [0.2, 0.25) is 0 Å². The summed E-state index contributed by atoms with van der Waals surface area (Å²) in [5.41, 5.74) is 2.53. The van der Waals surface area contributed by atoms with Crippen molar-refractivity contribution in [3.63, 3.8) is 0 Å². The quantitative estimate of drug-likeness (QED) is 0.635. The smallest absolute Gasteiger partial charge is 0.261 e. The average molecular weight is 472 g/mol. The first kappa shape index (κ1) is 21.7. The lowest BCUT2D eigenvalue weighted by atomic mass is 9.99. The van der Waals surface area contributed by atoms with Gasteiger partial charge in [-0.3, -0.25) is 19.2 Å². The molecule has 1 amide bonds. The lowest BCUT2D eigenvalue weighted by Gasteiger charge is -2.44. The fourth-order valence-corrected chi connectivity index (χ4v) is 5.53. The molecule has 0 unspecified atom stereocenters. The second-order valence-electron chi connectivity index (χ2n) is 9.80. The van der Waals surface area contributed by atoms with E-state index < -0.39 is 5.92 Å². The first-order valence-corrected chi connectivity index (χ1v) is 11.8. The number of carbonyl (C=O) groups excluding carboxylic acids is 1. The molecule has 0 radical (unpaired) electrons. The number of likely N-dealkylation sites (tertiary alicyclic amines) is 2. The third-order valence-electron chi connectivity index (χ3n) is 7.54. The molecule has 5 heterocycles. The van der Waals surface area contributed by atoms with Crippen LogP contribution < -0.4 is 5.56 Å². The molecule has 34 heavy (non-hydrogen) atoms. The molecule has 0 aliphatic carbocycles. The number of H-pyrrole nitrogens is 1. The number of rotatable bonds is 3. The average Bonchev–Trinajstić information content (AvgIpc) is 3.37. The van der Waals surface area contributed by atoms with Crippen molar-refractivity contribution in [3.8, 4) is 0 Å². The van der Waals surface area contributed by atoms with Gasteiger partial charge in [-0.2, -0.15) is 5.10 Å². The summed E-state index contributed by atoms with van der Waals surface area (Å²) in [6, 6.07) is 3.80. The highest BCUT2D eigenvalue weighted by atomic mass is 19.3. The minimum atomic E-state index is -2.63. The molecule has 0 atom stereocenters. The van der Waals surface area contributed by atoms with Gasteiger partial charge in [0.2, 0.25) is 0 Å². The largest absolute Gasteiger partial charge is 0.381 e. The number of carbonyl (C=O) groups is 1. The zero-order valence-corrected chi connectivity index (χ0v) is 19.0. The fourth-order valence-electron chi connectivity index (χ4n) is 5.53. The van der Waals surface area contributed by atoms with E-state index in [2.05, 4.69) is 10.1 Å². The number of aromatic nitrogens is 3. The van der Waals surface area contributed by atoms with Crippen LogP contribution in [0.3, 0.4) is 0 Å². The number of hydrogen-bond acceptors (Lipinski definition) is 5. The molecule has 3 fully saturated rings. The van der Waals surface area contributed by atoms with E-state index in [4.69, 9.17) is 4.74 Å². The molecule has 10 heteroatoms. The maximum Gasteiger partial charge on any atom is 0.261 e. The number of amides is 1. The van der Waals surface area contributed by atoms with Crippen LogP contribution in [-0.4, -0.2) is 81.8 Å². The number of benzene rings is 1. The van der Waals surface area contributed by atoms with Gasteiger partial charge in [0.05, 0.1) is 35.2 Å². The maximum absolute atomic E-state index is 13.6. The molecule has 3 aliphatic rings. The van der Waals surface area contributed by atoms with Gasteiger partial charge in [-0.05, 0) is 37.5 Å². The zero-order valence-electron chi connectivity index (χ0n) is 19.0. The van der Waals surface area contributed by atoms with Crippen molar-refractivity contribution in [2.24, 2.45) is 0 Å². The summed E-state index contributed by atoms with van der Waals surface area (Å²) in [5, 5.41) is 5.82. The lowest BCUT2D eigenvalue weighted by Crippen LogP contribution is -2.60. The van der Waals surface area contributed by atoms with Gasteiger partial charge in [-0.15, -0.1) is 0 Å². The van der Waals surface area contributed by atoms with Gasteiger partial charge in [0.1, 0.15) is 0 Å². The number of alkyl halides is 2. The van der Waals surface area contributed by atoms with Crippen LogP contribution in [-0.2, 0) is 4.74 Å². The molecule has 1 aromatic carbocycles. The van der Waals surface area contributed by atoms with E-state index in [1.807, 2.05) is 23.7 Å². The van der Waals surface area contributed by atoms with Gasteiger partial charge in [0, 0.05) is 56.3 Å². The van der Waals surface area contributed by atoms with E-state index in [1.165, 1.54) is 0 Å². The summed E-state index contributed by atoms with van der Waals surface area (Å²) in [5.74, 6) is -2.74. The molecule has 0 spiro atoms. The lowest BCUT2D eigenvalue weighted by molar-refractivity contribution is -0.00874. The number of halogens is 2. The van der Waals surface area contributed by atoms with Gasteiger partial charge in [0.15, 0.2) is 0 Å². The van der Waals surface area contributed by atoms with E-state index in [1.54, 1.807) is 16.0 Å². The van der Waals surface area contributed by atoms with Crippen LogP contribution in [0.5, 0.6) is 0 Å². The summed E-state index contributed by atoms with van der Waals surface area (Å²) in [6.45, 7) is 4.20. The highest BCUT2D eigenvalue weighted by Crippen LogP contribution is 2.33. The molecule has 1 N–H and O–H groups in total. The minimum absolute atomic E-state index is 0.0175. The Labute approximate surface area is 194 Å². The second kappa shape index (κ2) is 7.84. The van der Waals surface area contributed by atoms with E-state index in [-0.39, 0.29) is 36.5 Å². The summed E-state index contributed by atoms with van der Waals surface area (Å²) in [6.07, 6.45) is 3.10. The monoisotopic (exact) mass is 471 g/mol. The van der Waals surface area contributed by atoms with E-state index in [0.717, 1.165) is 29.3 Å². The molecule has 3 saturated heterocycles. The van der Waals surface area contributed by atoms with Crippen LogP contribution >= 0.6 is 0 Å². The van der Waals surface area contributed by atoms with Crippen LogP contribution in [0, 0.1) is 6.92 Å². The van der Waals surface area contributed by atoms with E-state index in [0.29, 0.717) is 49.3 Å². The molecule has 0 saturated carbocycles. The van der Waals surface area contributed by atoms with Crippen LogP contribution in [0.4, 0.5) is 8.78 Å². The van der Waals surface area contributed by atoms with Crippen molar-refractivity contribution < 1.29 is 18.3 Å². The van der Waals surface area contributed by atoms with Crippen LogP contribution in [0.1, 0.15) is 41.2 Å². The fraction of sp³-hybridized carbons (Fsp3) is 0.542. The minimum Gasteiger partial charge on any atom is -0.381 e. The molecule has 2 aromatic heterocycles. The molecule has 180 valence electrons. The number of aryl methyl sites for hydroxylation is 1. The number of hydrogen-bond donors (Lipinski definition) is 1. The summed E-state index contributed by atoms with van der Waals surface area (Å²) >= 11 is 0. The van der Waals surface area contributed by atoms with Gasteiger partial charge in [-0.25, -0.2) is 8.78 Å². The Morgan fingerprint density at radius 2 is 1.94 bits per heavy atom. The van der Waals surface area contributed by atoms with Gasteiger partial charge in [0.25, 0.3) is 17.4 Å². The van der Waals surface area contributed by atoms with Crippen molar-refractivity contribution in [2.45, 2.75) is 44.2 Å². The normalized spacial score (nSPS) is 22.0. The standard InChI is InChI=1S/C24H27F2N5O3/c1-14-8-20-18(21-19(22(32)28-20)10-27-31(21)15-2-6-34-7-3-15)9-17(14)23(33)30-11-16(12-30)29-5-4-24(25,26)13-29/h8-10,15-16H,2-7,11-13H2,1H3,(H,28,32). The third-order valence-corrected chi connectivity index (χ3v) is 7.54. The van der Waals surface area contributed by atoms with Gasteiger partial charge < -0.3 is 14.6 Å². The Morgan fingerprint density at radius 3 is 2.65 bits per heavy atom. The zero-order chi connectivity index (χ0) is 23.6. The highest BCUT2D eigenvalue weighted by Gasteiger charge is 2.45. The van der Waals surface area contributed by atoms with Gasteiger partial charge >= 0.3 is 0 Å². The first-order valence-electron chi connectivity index (χ1n) is 11.8. The third kappa shape index (κ3) is 3.51. The Balaban J connectivity index is 1.34. The Hall–Kier alpha value is -2.85. The van der Waals surface area contributed by atoms with Crippen molar-refractivity contribution in [1.29, 1.82) is 0 Å². The van der Waals surface area contributed by atoms with Crippen molar-refractivity contribution >= 4 is 27.7 Å². The Morgan fingerprint density at radius 1 is 1.18 bits per heavy atom. The highest BCUT2D eigenvalue weighted by molar-refractivity contribution is 6.07. The molecule has 6 rings (SSSR count). The number of fused-ring (bicyclic) bond motifs is 3.